The first-order valence-electron chi connectivity index (χ1n) is 6.34. The molecule has 1 aliphatic heterocycles. The van der Waals surface area contributed by atoms with E-state index in [-0.39, 0.29) is 11.9 Å². The summed E-state index contributed by atoms with van der Waals surface area (Å²) in [5.41, 5.74) is 0. The van der Waals surface area contributed by atoms with E-state index < -0.39 is 0 Å². The zero-order valence-electron chi connectivity index (χ0n) is 10.8. The lowest BCUT2D eigenvalue weighted by Gasteiger charge is -2.21. The largest absolute Gasteiger partial charge is 0.353 e. The topological polar surface area (TPSA) is 44.7 Å². The number of likely N-dealkylation sites (N-methyl/N-ethyl adjacent to an activating group) is 1. The number of nitrogens with zero attached hydrogens (tertiary/aromatic N) is 2. The SMILES string of the molecule is CCN(C)C(=O)C(C)NC1=NCC(C2CC2)S1. The van der Waals surface area contributed by atoms with Gasteiger partial charge in [0.05, 0.1) is 6.54 Å². The predicted octanol–water partition coefficient (Wildman–Crippen LogP) is 1.32. The van der Waals surface area contributed by atoms with Crippen molar-refractivity contribution >= 4 is 22.8 Å². The van der Waals surface area contributed by atoms with Crippen LogP contribution in [0.5, 0.6) is 0 Å². The van der Waals surface area contributed by atoms with Gasteiger partial charge in [0, 0.05) is 18.8 Å². The number of nitrogens with one attached hydrogen (secondary N) is 1. The van der Waals surface area contributed by atoms with Crippen LogP contribution in [-0.4, -0.2) is 47.4 Å². The quantitative estimate of drug-likeness (QED) is 0.824. The van der Waals surface area contributed by atoms with Crippen LogP contribution in [0, 0.1) is 5.92 Å². The third-order valence-corrected chi connectivity index (χ3v) is 4.69. The molecule has 0 aromatic heterocycles. The number of hydrogen-bond acceptors (Lipinski definition) is 4. The molecular weight excluding hydrogens is 234 g/mol. The Bertz CT molecular complexity index is 328. The Hall–Kier alpha value is -0.710. The van der Waals surface area contributed by atoms with Crippen molar-refractivity contribution in [3.05, 3.63) is 0 Å². The molecule has 1 N–H and O–H groups in total. The molecule has 1 aliphatic carbocycles. The number of amidine groups is 1. The molecule has 2 aliphatic rings. The van der Waals surface area contributed by atoms with Crippen LogP contribution in [0.15, 0.2) is 4.99 Å². The fourth-order valence-electron chi connectivity index (χ4n) is 1.92. The van der Waals surface area contributed by atoms with Crippen LogP contribution >= 0.6 is 11.8 Å². The number of rotatable bonds is 4. The van der Waals surface area contributed by atoms with E-state index >= 15 is 0 Å². The average Bonchev–Trinajstić information content (AvgIpc) is 3.08. The van der Waals surface area contributed by atoms with E-state index in [0.29, 0.717) is 5.25 Å². The van der Waals surface area contributed by atoms with E-state index in [4.69, 9.17) is 0 Å². The minimum absolute atomic E-state index is 0.130. The summed E-state index contributed by atoms with van der Waals surface area (Å²) in [4.78, 5) is 18.1. The molecule has 4 nitrogen and oxygen atoms in total. The normalized spacial score (nSPS) is 25.4. The van der Waals surface area contributed by atoms with Gasteiger partial charge in [0.15, 0.2) is 5.17 Å². The highest BCUT2D eigenvalue weighted by Crippen LogP contribution is 2.41. The van der Waals surface area contributed by atoms with Gasteiger partial charge >= 0.3 is 0 Å². The third-order valence-electron chi connectivity index (χ3n) is 3.39. The first-order valence-corrected chi connectivity index (χ1v) is 7.22. The highest BCUT2D eigenvalue weighted by Gasteiger charge is 2.35. The second kappa shape index (κ2) is 5.29. The molecule has 0 aromatic rings. The Labute approximate surface area is 107 Å². The Morgan fingerprint density at radius 2 is 2.35 bits per heavy atom. The lowest BCUT2D eigenvalue weighted by Crippen LogP contribution is -2.44. The minimum atomic E-state index is -0.177. The molecule has 0 aromatic carbocycles. The van der Waals surface area contributed by atoms with Crippen LogP contribution in [-0.2, 0) is 4.79 Å². The predicted molar refractivity (Wildman–Crippen MR) is 72.3 cm³/mol. The molecule has 2 rings (SSSR count). The molecule has 0 spiro atoms. The fourth-order valence-corrected chi connectivity index (χ4v) is 3.21. The van der Waals surface area contributed by atoms with Crippen molar-refractivity contribution in [2.24, 2.45) is 10.9 Å². The van der Waals surface area contributed by atoms with Gasteiger partial charge in [0.25, 0.3) is 0 Å². The van der Waals surface area contributed by atoms with Crippen molar-refractivity contribution in [3.63, 3.8) is 0 Å². The molecule has 2 unspecified atom stereocenters. The van der Waals surface area contributed by atoms with Crippen molar-refractivity contribution < 1.29 is 4.79 Å². The molecule has 2 atom stereocenters. The molecule has 0 bridgehead atoms. The standard InChI is InChI=1S/C12H21N3OS/c1-4-15(3)11(16)8(2)14-12-13-7-10(17-12)9-5-6-9/h8-10H,4-7H2,1-3H3,(H,13,14). The lowest BCUT2D eigenvalue weighted by molar-refractivity contribution is -0.131. The maximum Gasteiger partial charge on any atom is 0.244 e. The van der Waals surface area contributed by atoms with Gasteiger partial charge in [-0.15, -0.1) is 0 Å². The molecule has 1 heterocycles. The summed E-state index contributed by atoms with van der Waals surface area (Å²) < 4.78 is 0. The lowest BCUT2D eigenvalue weighted by atomic mass is 10.3. The van der Waals surface area contributed by atoms with E-state index in [9.17, 15) is 4.79 Å². The Morgan fingerprint density at radius 1 is 1.65 bits per heavy atom. The van der Waals surface area contributed by atoms with Gasteiger partial charge in [0.1, 0.15) is 6.04 Å². The summed E-state index contributed by atoms with van der Waals surface area (Å²) in [6.45, 7) is 5.55. The number of amides is 1. The summed E-state index contributed by atoms with van der Waals surface area (Å²) in [5, 5.41) is 4.84. The van der Waals surface area contributed by atoms with Gasteiger partial charge in [-0.05, 0) is 32.6 Å². The Balaban J connectivity index is 1.79. The molecule has 5 heteroatoms. The van der Waals surface area contributed by atoms with Crippen LogP contribution in [0.2, 0.25) is 0 Å². The van der Waals surface area contributed by atoms with Crippen LogP contribution in [0.25, 0.3) is 0 Å². The third kappa shape index (κ3) is 3.15. The van der Waals surface area contributed by atoms with Gasteiger partial charge < -0.3 is 10.2 Å². The van der Waals surface area contributed by atoms with Crippen molar-refractivity contribution in [2.75, 3.05) is 20.1 Å². The Morgan fingerprint density at radius 3 is 2.94 bits per heavy atom. The summed E-state index contributed by atoms with van der Waals surface area (Å²) in [6, 6.07) is -0.177. The van der Waals surface area contributed by atoms with E-state index in [1.807, 2.05) is 32.7 Å². The number of carbonyl (C=O) groups is 1. The second-order valence-corrected chi connectivity index (χ2v) is 6.09. The first-order chi connectivity index (χ1) is 8.11. The van der Waals surface area contributed by atoms with Gasteiger partial charge in [-0.1, -0.05) is 11.8 Å². The number of thioether (sulfide) groups is 1. The molecule has 0 radical (unpaired) electrons. The van der Waals surface area contributed by atoms with Crippen molar-refractivity contribution in [3.8, 4) is 0 Å². The van der Waals surface area contributed by atoms with E-state index in [1.165, 1.54) is 12.8 Å². The molecule has 96 valence electrons. The Kier molecular flexibility index (Phi) is 3.97. The van der Waals surface area contributed by atoms with Gasteiger partial charge in [-0.2, -0.15) is 0 Å². The molecule has 1 amide bonds. The van der Waals surface area contributed by atoms with Gasteiger partial charge in [0.2, 0.25) is 5.91 Å². The number of hydrogen-bond donors (Lipinski definition) is 1. The van der Waals surface area contributed by atoms with Crippen molar-refractivity contribution in [2.45, 2.75) is 38.0 Å². The molecule has 17 heavy (non-hydrogen) atoms. The first kappa shape index (κ1) is 12.7. The molecule has 1 fully saturated rings. The number of aliphatic imine (C=N–C) groups is 1. The average molecular weight is 255 g/mol. The minimum Gasteiger partial charge on any atom is -0.353 e. The smallest absolute Gasteiger partial charge is 0.244 e. The summed E-state index contributed by atoms with van der Waals surface area (Å²) >= 11 is 1.81. The molecule has 1 saturated carbocycles. The van der Waals surface area contributed by atoms with E-state index in [2.05, 4.69) is 10.3 Å². The van der Waals surface area contributed by atoms with Crippen LogP contribution in [0.3, 0.4) is 0 Å². The number of carbonyl (C=O) groups excluding carboxylic acids is 1. The highest BCUT2D eigenvalue weighted by molar-refractivity contribution is 8.14. The zero-order chi connectivity index (χ0) is 12.4. The van der Waals surface area contributed by atoms with Crippen LogP contribution in [0.1, 0.15) is 26.7 Å². The van der Waals surface area contributed by atoms with Crippen molar-refractivity contribution in [1.82, 2.24) is 10.2 Å². The maximum absolute atomic E-state index is 11.9. The summed E-state index contributed by atoms with van der Waals surface area (Å²) in [7, 11) is 1.83. The maximum atomic E-state index is 11.9. The van der Waals surface area contributed by atoms with Crippen LogP contribution in [0.4, 0.5) is 0 Å². The molecule has 0 saturated heterocycles. The summed E-state index contributed by atoms with van der Waals surface area (Å²) in [5.74, 6) is 0.998. The van der Waals surface area contributed by atoms with E-state index in [0.717, 1.165) is 24.2 Å². The van der Waals surface area contributed by atoms with Gasteiger partial charge in [-0.25, -0.2) is 0 Å². The van der Waals surface area contributed by atoms with Crippen molar-refractivity contribution in [1.29, 1.82) is 0 Å². The fraction of sp³-hybridized carbons (Fsp3) is 0.833. The van der Waals surface area contributed by atoms with E-state index in [1.54, 1.807) is 4.90 Å². The zero-order valence-corrected chi connectivity index (χ0v) is 11.6. The second-order valence-electron chi connectivity index (χ2n) is 4.86. The van der Waals surface area contributed by atoms with Gasteiger partial charge in [-0.3, -0.25) is 9.79 Å². The summed E-state index contributed by atoms with van der Waals surface area (Å²) in [6.07, 6.45) is 2.71. The highest BCUT2D eigenvalue weighted by atomic mass is 32.2. The molecular formula is C12H21N3OS. The monoisotopic (exact) mass is 255 g/mol. The van der Waals surface area contributed by atoms with Crippen LogP contribution < -0.4 is 5.32 Å².